The van der Waals surface area contributed by atoms with Crippen molar-refractivity contribution in [2.24, 2.45) is 5.73 Å². The highest BCUT2D eigenvalue weighted by molar-refractivity contribution is 6.31. The molecule has 1 unspecified atom stereocenters. The number of aromatic nitrogens is 2. The van der Waals surface area contributed by atoms with E-state index in [1.807, 2.05) is 4.68 Å². The van der Waals surface area contributed by atoms with E-state index in [1.165, 1.54) is 11.1 Å². The summed E-state index contributed by atoms with van der Waals surface area (Å²) in [4.78, 5) is 0. The molecule has 2 N–H and O–H groups in total. The van der Waals surface area contributed by atoms with Crippen LogP contribution in [-0.2, 0) is 6.42 Å². The topological polar surface area (TPSA) is 43.8 Å². The van der Waals surface area contributed by atoms with Gasteiger partial charge in [0, 0.05) is 12.1 Å². The van der Waals surface area contributed by atoms with Gasteiger partial charge in [-0.2, -0.15) is 5.10 Å². The molecule has 1 heterocycles. The Morgan fingerprint density at radius 1 is 1.30 bits per heavy atom. The maximum atomic E-state index is 6.33. The molecule has 1 aromatic carbocycles. The Labute approximate surface area is 125 Å². The fraction of sp³-hybridized carbons (Fsp3) is 0.438. The first kappa shape index (κ1) is 15.1. The van der Waals surface area contributed by atoms with Gasteiger partial charge in [0.05, 0.1) is 16.9 Å². The van der Waals surface area contributed by atoms with Gasteiger partial charge in [0.25, 0.3) is 0 Å². The highest BCUT2D eigenvalue weighted by Gasteiger charge is 2.18. The van der Waals surface area contributed by atoms with Crippen molar-refractivity contribution in [3.63, 3.8) is 0 Å². The van der Waals surface area contributed by atoms with Gasteiger partial charge in [0.1, 0.15) is 0 Å². The molecule has 0 saturated carbocycles. The van der Waals surface area contributed by atoms with Gasteiger partial charge in [-0.1, -0.05) is 35.9 Å². The van der Waals surface area contributed by atoms with Gasteiger partial charge < -0.3 is 5.73 Å². The van der Waals surface area contributed by atoms with E-state index in [0.717, 1.165) is 18.5 Å². The first-order valence-corrected chi connectivity index (χ1v) is 7.41. The number of nitrogens with zero attached hydrogens (tertiary/aromatic N) is 2. The molecular formula is C16H22ClN3. The third kappa shape index (κ3) is 3.22. The third-order valence-corrected chi connectivity index (χ3v) is 3.90. The fourth-order valence-electron chi connectivity index (χ4n) is 2.45. The Morgan fingerprint density at radius 2 is 2.00 bits per heavy atom. The number of hydrogen-bond acceptors (Lipinski definition) is 2. The first-order valence-electron chi connectivity index (χ1n) is 7.03. The molecule has 0 amide bonds. The van der Waals surface area contributed by atoms with E-state index < -0.39 is 0 Å². The summed E-state index contributed by atoms with van der Waals surface area (Å²) in [7, 11) is 0. The Kier molecular flexibility index (Phi) is 4.84. The second-order valence-corrected chi connectivity index (χ2v) is 5.89. The Hall–Kier alpha value is -1.32. The highest BCUT2D eigenvalue weighted by atomic mass is 35.5. The van der Waals surface area contributed by atoms with Crippen LogP contribution in [0.4, 0.5) is 0 Å². The molecule has 2 rings (SSSR count). The van der Waals surface area contributed by atoms with Crippen LogP contribution in [0.5, 0.6) is 0 Å². The van der Waals surface area contributed by atoms with E-state index >= 15 is 0 Å². The summed E-state index contributed by atoms with van der Waals surface area (Å²) in [5, 5.41) is 4.98. The zero-order valence-electron chi connectivity index (χ0n) is 12.3. The zero-order chi connectivity index (χ0) is 14.7. The quantitative estimate of drug-likeness (QED) is 0.903. The van der Waals surface area contributed by atoms with Crippen LogP contribution in [-0.4, -0.2) is 9.78 Å². The molecule has 0 radical (unpaired) electrons. The van der Waals surface area contributed by atoms with Crippen LogP contribution in [0.1, 0.15) is 49.2 Å². The lowest BCUT2D eigenvalue weighted by molar-refractivity contribution is 0.477. The van der Waals surface area contributed by atoms with Crippen LogP contribution >= 0.6 is 11.6 Å². The van der Waals surface area contributed by atoms with E-state index in [-0.39, 0.29) is 12.1 Å². The van der Waals surface area contributed by atoms with E-state index in [2.05, 4.69) is 50.1 Å². The maximum absolute atomic E-state index is 6.33. The van der Waals surface area contributed by atoms with Crippen molar-refractivity contribution < 1.29 is 0 Å². The molecule has 0 fully saturated rings. The highest BCUT2D eigenvalue weighted by Crippen LogP contribution is 2.27. The molecule has 0 aliphatic rings. The molecule has 20 heavy (non-hydrogen) atoms. The van der Waals surface area contributed by atoms with Gasteiger partial charge in [0.15, 0.2) is 0 Å². The van der Waals surface area contributed by atoms with Crippen molar-refractivity contribution in [3.05, 3.63) is 52.3 Å². The van der Waals surface area contributed by atoms with Gasteiger partial charge in [-0.25, -0.2) is 0 Å². The second kappa shape index (κ2) is 6.42. The summed E-state index contributed by atoms with van der Waals surface area (Å²) in [5.74, 6) is 0. The molecule has 2 aromatic rings. The normalized spacial score (nSPS) is 12.9. The lowest BCUT2D eigenvalue weighted by Crippen LogP contribution is -2.19. The summed E-state index contributed by atoms with van der Waals surface area (Å²) >= 11 is 6.23. The van der Waals surface area contributed by atoms with Crippen molar-refractivity contribution >= 4 is 11.6 Å². The first-order chi connectivity index (χ1) is 9.50. The molecule has 0 aliphatic heterocycles. The Balaban J connectivity index is 2.11. The maximum Gasteiger partial charge on any atom is 0.0834 e. The van der Waals surface area contributed by atoms with Gasteiger partial charge in [-0.05, 0) is 44.7 Å². The van der Waals surface area contributed by atoms with Crippen molar-refractivity contribution in [3.8, 4) is 0 Å². The summed E-state index contributed by atoms with van der Waals surface area (Å²) in [6.45, 7) is 6.30. The standard InChI is InChI=1S/C16H22ClN3/c1-11(2)20-16(14(17)10-19-20)15(18)9-8-13-7-5-4-6-12(13)3/h4-7,10-11,15H,8-9,18H2,1-3H3. The third-order valence-electron chi connectivity index (χ3n) is 3.61. The van der Waals surface area contributed by atoms with E-state index in [9.17, 15) is 0 Å². The number of aryl methyl sites for hydroxylation is 2. The minimum absolute atomic E-state index is 0.0907. The van der Waals surface area contributed by atoms with Crippen LogP contribution in [0, 0.1) is 6.92 Å². The summed E-state index contributed by atoms with van der Waals surface area (Å²) < 4.78 is 1.92. The van der Waals surface area contributed by atoms with E-state index in [0.29, 0.717) is 5.02 Å². The molecule has 0 saturated heterocycles. The minimum atomic E-state index is -0.0907. The van der Waals surface area contributed by atoms with Crippen LogP contribution < -0.4 is 5.73 Å². The van der Waals surface area contributed by atoms with Gasteiger partial charge in [0.2, 0.25) is 0 Å². The SMILES string of the molecule is Cc1ccccc1CCC(N)c1c(Cl)cnn1C(C)C. The van der Waals surface area contributed by atoms with Crippen molar-refractivity contribution in [1.82, 2.24) is 9.78 Å². The predicted octanol–water partition coefficient (Wildman–Crippen LogP) is 4.06. The molecular weight excluding hydrogens is 270 g/mol. The predicted molar refractivity (Wildman–Crippen MR) is 84.1 cm³/mol. The molecule has 0 aliphatic carbocycles. The molecule has 0 bridgehead atoms. The van der Waals surface area contributed by atoms with Crippen LogP contribution in [0.3, 0.4) is 0 Å². The largest absolute Gasteiger partial charge is 0.323 e. The minimum Gasteiger partial charge on any atom is -0.323 e. The van der Waals surface area contributed by atoms with Crippen LogP contribution in [0.2, 0.25) is 5.02 Å². The summed E-state index contributed by atoms with van der Waals surface area (Å²) in [5.41, 5.74) is 9.92. The van der Waals surface area contributed by atoms with Gasteiger partial charge in [-0.15, -0.1) is 0 Å². The smallest absolute Gasteiger partial charge is 0.0834 e. The Morgan fingerprint density at radius 3 is 2.65 bits per heavy atom. The number of halogens is 1. The zero-order valence-corrected chi connectivity index (χ0v) is 13.1. The fourth-order valence-corrected chi connectivity index (χ4v) is 2.72. The van der Waals surface area contributed by atoms with Crippen LogP contribution in [0.25, 0.3) is 0 Å². The molecule has 1 aromatic heterocycles. The average molecular weight is 292 g/mol. The lowest BCUT2D eigenvalue weighted by Gasteiger charge is -2.17. The molecule has 4 heteroatoms. The van der Waals surface area contributed by atoms with E-state index in [1.54, 1.807) is 6.20 Å². The number of benzene rings is 1. The van der Waals surface area contributed by atoms with Crippen molar-refractivity contribution in [2.45, 2.75) is 45.7 Å². The Bertz CT molecular complexity index is 575. The summed E-state index contributed by atoms with van der Waals surface area (Å²) in [6.07, 6.45) is 3.50. The molecule has 1 atom stereocenters. The summed E-state index contributed by atoms with van der Waals surface area (Å²) in [6, 6.07) is 8.59. The lowest BCUT2D eigenvalue weighted by atomic mass is 10.00. The monoisotopic (exact) mass is 291 g/mol. The van der Waals surface area contributed by atoms with Gasteiger partial charge in [-0.3, -0.25) is 4.68 Å². The van der Waals surface area contributed by atoms with Crippen molar-refractivity contribution in [2.75, 3.05) is 0 Å². The molecule has 108 valence electrons. The van der Waals surface area contributed by atoms with Crippen LogP contribution in [0.15, 0.2) is 30.5 Å². The van der Waals surface area contributed by atoms with E-state index in [4.69, 9.17) is 17.3 Å². The number of nitrogens with two attached hydrogens (primary N) is 1. The second-order valence-electron chi connectivity index (χ2n) is 5.49. The van der Waals surface area contributed by atoms with Gasteiger partial charge >= 0.3 is 0 Å². The average Bonchev–Trinajstić information content (AvgIpc) is 2.79. The van der Waals surface area contributed by atoms with Crippen molar-refractivity contribution in [1.29, 1.82) is 0 Å². The molecule has 0 spiro atoms. The number of hydrogen-bond donors (Lipinski definition) is 1. The number of rotatable bonds is 5. The molecule has 3 nitrogen and oxygen atoms in total.